The molecule has 114 valence electrons. The van der Waals surface area contributed by atoms with Gasteiger partial charge in [0.05, 0.1) is 5.54 Å². The molecule has 0 unspecified atom stereocenters. The van der Waals surface area contributed by atoms with E-state index < -0.39 is 15.4 Å². The Labute approximate surface area is 122 Å². The Balaban J connectivity index is 1.83. The zero-order valence-electron chi connectivity index (χ0n) is 11.7. The lowest BCUT2D eigenvalue weighted by atomic mass is 9.99. The number of rotatable bonds is 4. The summed E-state index contributed by atoms with van der Waals surface area (Å²) in [7, 11) is -3.14. The summed E-state index contributed by atoms with van der Waals surface area (Å²) in [5, 5.41) is 3.94. The molecule has 2 aromatic heterocycles. The summed E-state index contributed by atoms with van der Waals surface area (Å²) in [6.45, 7) is 0. The van der Waals surface area contributed by atoms with E-state index >= 15 is 0 Å². The molecule has 21 heavy (non-hydrogen) atoms. The lowest BCUT2D eigenvalue weighted by molar-refractivity contribution is 0.367. The van der Waals surface area contributed by atoms with Crippen LogP contribution in [0.2, 0.25) is 0 Å². The second-order valence-electron chi connectivity index (χ2n) is 5.62. The molecule has 8 heteroatoms. The van der Waals surface area contributed by atoms with E-state index in [1.54, 1.807) is 12.1 Å². The van der Waals surface area contributed by atoms with Crippen molar-refractivity contribution in [3.63, 3.8) is 0 Å². The summed E-state index contributed by atoms with van der Waals surface area (Å²) >= 11 is 0. The molecule has 7 nitrogen and oxygen atoms in total. The van der Waals surface area contributed by atoms with Crippen LogP contribution in [0.25, 0.3) is 11.7 Å². The Kier molecular flexibility index (Phi) is 3.37. The van der Waals surface area contributed by atoms with Crippen LogP contribution < -0.4 is 5.73 Å². The van der Waals surface area contributed by atoms with E-state index in [9.17, 15) is 8.42 Å². The predicted molar refractivity (Wildman–Crippen MR) is 74.9 cm³/mol. The Morgan fingerprint density at radius 1 is 1.33 bits per heavy atom. The number of sulfone groups is 1. The van der Waals surface area contributed by atoms with Crippen molar-refractivity contribution in [1.82, 2.24) is 10.1 Å². The smallest absolute Gasteiger partial charge is 0.293 e. The van der Waals surface area contributed by atoms with Crippen molar-refractivity contribution in [3.8, 4) is 11.7 Å². The first-order valence-corrected chi connectivity index (χ1v) is 8.82. The van der Waals surface area contributed by atoms with Crippen molar-refractivity contribution in [1.29, 1.82) is 0 Å². The molecule has 0 spiro atoms. The molecule has 1 saturated carbocycles. The van der Waals surface area contributed by atoms with Crippen molar-refractivity contribution < 1.29 is 17.4 Å². The third-order valence-electron chi connectivity index (χ3n) is 3.64. The van der Waals surface area contributed by atoms with Gasteiger partial charge in [-0.15, -0.1) is 0 Å². The minimum atomic E-state index is -3.14. The molecule has 2 N–H and O–H groups in total. The van der Waals surface area contributed by atoms with E-state index in [1.807, 2.05) is 0 Å². The third kappa shape index (κ3) is 3.01. The standard InChI is InChI=1S/C13H17N3O4S/c1-21(17,18)8-9-4-5-10(19-9)11-15-12(16-20-11)13(14)6-2-3-7-13/h4-5H,2-3,6-8,14H2,1H3. The van der Waals surface area contributed by atoms with Gasteiger partial charge >= 0.3 is 0 Å². The van der Waals surface area contributed by atoms with Crippen LogP contribution in [-0.2, 0) is 21.1 Å². The van der Waals surface area contributed by atoms with Gasteiger partial charge in [0.25, 0.3) is 5.89 Å². The fourth-order valence-electron chi connectivity index (χ4n) is 2.58. The zero-order chi connectivity index (χ0) is 15.1. The average Bonchev–Trinajstić information content (AvgIpc) is 3.05. The number of furan rings is 1. The highest BCUT2D eigenvalue weighted by molar-refractivity contribution is 7.89. The molecule has 1 aliphatic carbocycles. The first-order chi connectivity index (χ1) is 9.86. The van der Waals surface area contributed by atoms with Crippen LogP contribution >= 0.6 is 0 Å². The highest BCUT2D eigenvalue weighted by Gasteiger charge is 2.36. The maximum atomic E-state index is 11.2. The fraction of sp³-hybridized carbons (Fsp3) is 0.538. The van der Waals surface area contributed by atoms with Crippen LogP contribution in [0.3, 0.4) is 0 Å². The topological polar surface area (TPSA) is 112 Å². The monoisotopic (exact) mass is 311 g/mol. The number of nitrogens with zero attached hydrogens (tertiary/aromatic N) is 2. The van der Waals surface area contributed by atoms with Crippen LogP contribution in [0.1, 0.15) is 37.3 Å². The molecule has 1 aliphatic rings. The molecule has 0 saturated heterocycles. The number of nitrogens with two attached hydrogens (primary N) is 1. The van der Waals surface area contributed by atoms with E-state index in [0.717, 1.165) is 31.9 Å². The van der Waals surface area contributed by atoms with E-state index in [0.29, 0.717) is 17.3 Å². The van der Waals surface area contributed by atoms with Gasteiger partial charge in [0.1, 0.15) is 11.5 Å². The van der Waals surface area contributed by atoms with Gasteiger partial charge in [0.2, 0.25) is 0 Å². The lowest BCUT2D eigenvalue weighted by Gasteiger charge is -2.17. The van der Waals surface area contributed by atoms with E-state index in [4.69, 9.17) is 14.7 Å². The first-order valence-electron chi connectivity index (χ1n) is 6.76. The summed E-state index contributed by atoms with van der Waals surface area (Å²) < 4.78 is 33.1. The van der Waals surface area contributed by atoms with Gasteiger partial charge in [-0.05, 0) is 25.0 Å². The zero-order valence-corrected chi connectivity index (χ0v) is 12.5. The molecular formula is C13H17N3O4S. The third-order valence-corrected chi connectivity index (χ3v) is 4.45. The first kappa shape index (κ1) is 14.3. The van der Waals surface area contributed by atoms with Crippen LogP contribution in [0, 0.1) is 0 Å². The Morgan fingerprint density at radius 2 is 2.05 bits per heavy atom. The average molecular weight is 311 g/mol. The van der Waals surface area contributed by atoms with Crippen LogP contribution in [-0.4, -0.2) is 24.8 Å². The molecule has 0 bridgehead atoms. The summed E-state index contributed by atoms with van der Waals surface area (Å²) in [4.78, 5) is 4.30. The van der Waals surface area contributed by atoms with E-state index in [1.165, 1.54) is 0 Å². The maximum absolute atomic E-state index is 11.2. The van der Waals surface area contributed by atoms with Crippen LogP contribution in [0.5, 0.6) is 0 Å². The van der Waals surface area contributed by atoms with Gasteiger partial charge < -0.3 is 14.7 Å². The maximum Gasteiger partial charge on any atom is 0.293 e. The number of hydrogen-bond donors (Lipinski definition) is 1. The molecule has 1 fully saturated rings. The van der Waals surface area contributed by atoms with Crippen molar-refractivity contribution in [2.75, 3.05) is 6.26 Å². The van der Waals surface area contributed by atoms with Gasteiger partial charge in [-0.3, -0.25) is 0 Å². The minimum Gasteiger partial charge on any atom is -0.455 e. The lowest BCUT2D eigenvalue weighted by Crippen LogP contribution is -2.34. The molecule has 0 atom stereocenters. The number of aromatic nitrogens is 2. The summed E-state index contributed by atoms with van der Waals surface area (Å²) in [6, 6.07) is 3.21. The minimum absolute atomic E-state index is 0.158. The molecule has 0 amide bonds. The summed E-state index contributed by atoms with van der Waals surface area (Å²) in [5.74, 6) is 1.25. The fourth-order valence-corrected chi connectivity index (χ4v) is 3.26. The molecule has 0 aromatic carbocycles. The van der Waals surface area contributed by atoms with Crippen LogP contribution in [0.15, 0.2) is 21.1 Å². The molecule has 2 heterocycles. The predicted octanol–water partition coefficient (Wildman–Crippen LogP) is 1.60. The van der Waals surface area contributed by atoms with Gasteiger partial charge in [-0.2, -0.15) is 4.98 Å². The van der Waals surface area contributed by atoms with Crippen molar-refractivity contribution in [3.05, 3.63) is 23.7 Å². The van der Waals surface area contributed by atoms with E-state index in [2.05, 4.69) is 10.1 Å². The molecule has 0 radical (unpaired) electrons. The molecule has 0 aliphatic heterocycles. The number of hydrogen-bond acceptors (Lipinski definition) is 7. The van der Waals surface area contributed by atoms with Crippen molar-refractivity contribution in [2.45, 2.75) is 37.0 Å². The van der Waals surface area contributed by atoms with Crippen LogP contribution in [0.4, 0.5) is 0 Å². The quantitative estimate of drug-likeness (QED) is 0.912. The van der Waals surface area contributed by atoms with Gasteiger partial charge in [-0.1, -0.05) is 18.0 Å². The largest absolute Gasteiger partial charge is 0.455 e. The van der Waals surface area contributed by atoms with Crippen molar-refractivity contribution >= 4 is 9.84 Å². The van der Waals surface area contributed by atoms with E-state index in [-0.39, 0.29) is 11.6 Å². The van der Waals surface area contributed by atoms with Gasteiger partial charge in [0, 0.05) is 6.26 Å². The normalized spacial score (nSPS) is 18.2. The van der Waals surface area contributed by atoms with Crippen molar-refractivity contribution in [2.24, 2.45) is 5.73 Å². The SMILES string of the molecule is CS(=O)(=O)Cc1ccc(-c2nc(C3(N)CCCC3)no2)o1. The Morgan fingerprint density at radius 3 is 2.71 bits per heavy atom. The molecular weight excluding hydrogens is 294 g/mol. The Hall–Kier alpha value is -1.67. The van der Waals surface area contributed by atoms with Gasteiger partial charge in [0.15, 0.2) is 21.4 Å². The Bertz CT molecular complexity index is 741. The highest BCUT2D eigenvalue weighted by Crippen LogP contribution is 2.35. The summed E-state index contributed by atoms with van der Waals surface area (Å²) in [6.07, 6.45) is 4.93. The summed E-state index contributed by atoms with van der Waals surface area (Å²) in [5.41, 5.74) is 5.74. The molecule has 3 rings (SSSR count). The highest BCUT2D eigenvalue weighted by atomic mass is 32.2. The molecule has 2 aromatic rings. The van der Waals surface area contributed by atoms with Gasteiger partial charge in [-0.25, -0.2) is 8.42 Å². The second-order valence-corrected chi connectivity index (χ2v) is 7.76. The second kappa shape index (κ2) is 4.96.